The van der Waals surface area contributed by atoms with Crippen molar-refractivity contribution >= 4 is 5.97 Å². The van der Waals surface area contributed by atoms with E-state index in [2.05, 4.69) is 5.32 Å². The fraction of sp³-hybridized carbons (Fsp3) is 0.500. The van der Waals surface area contributed by atoms with Gasteiger partial charge >= 0.3 is 5.97 Å². The van der Waals surface area contributed by atoms with E-state index >= 15 is 0 Å². The van der Waals surface area contributed by atoms with E-state index in [1.807, 2.05) is 19.0 Å². The molecule has 6 nitrogen and oxygen atoms in total. The quantitative estimate of drug-likeness (QED) is 0.740. The SMILES string of the molecule is COc1ccc(C(NCCN(C)C)C(=O)O)cc1OC. The lowest BCUT2D eigenvalue weighted by atomic mass is 10.1. The predicted octanol–water partition coefficient (Wildman–Crippen LogP) is 0.981. The van der Waals surface area contributed by atoms with Crippen molar-refractivity contribution in [1.82, 2.24) is 10.2 Å². The zero-order valence-corrected chi connectivity index (χ0v) is 12.3. The van der Waals surface area contributed by atoms with Crippen LogP contribution in [0, 0.1) is 0 Å². The molecular weight excluding hydrogens is 260 g/mol. The van der Waals surface area contributed by atoms with Crippen LogP contribution in [0.2, 0.25) is 0 Å². The van der Waals surface area contributed by atoms with Gasteiger partial charge < -0.3 is 19.5 Å². The van der Waals surface area contributed by atoms with Crippen LogP contribution in [0.5, 0.6) is 11.5 Å². The molecule has 6 heteroatoms. The summed E-state index contributed by atoms with van der Waals surface area (Å²) in [6, 6.07) is 4.34. The van der Waals surface area contributed by atoms with Gasteiger partial charge in [-0.05, 0) is 31.8 Å². The summed E-state index contributed by atoms with van der Waals surface area (Å²) in [7, 11) is 6.94. The first kappa shape index (κ1) is 16.3. The number of nitrogens with zero attached hydrogens (tertiary/aromatic N) is 1. The van der Waals surface area contributed by atoms with Crippen LogP contribution in [0.15, 0.2) is 18.2 Å². The van der Waals surface area contributed by atoms with Crippen molar-refractivity contribution in [2.24, 2.45) is 0 Å². The number of hydrogen-bond acceptors (Lipinski definition) is 5. The number of nitrogens with one attached hydrogen (secondary N) is 1. The Kier molecular flexibility index (Phi) is 6.27. The number of carboxylic acids is 1. The summed E-state index contributed by atoms with van der Waals surface area (Å²) in [5.41, 5.74) is 0.633. The van der Waals surface area contributed by atoms with Gasteiger partial charge in [0.05, 0.1) is 14.2 Å². The summed E-state index contributed by atoms with van der Waals surface area (Å²) < 4.78 is 10.3. The van der Waals surface area contributed by atoms with E-state index in [9.17, 15) is 9.90 Å². The molecule has 0 aliphatic carbocycles. The van der Waals surface area contributed by atoms with Crippen molar-refractivity contribution in [3.63, 3.8) is 0 Å². The minimum atomic E-state index is -0.920. The van der Waals surface area contributed by atoms with Crippen LogP contribution in [0.1, 0.15) is 11.6 Å². The van der Waals surface area contributed by atoms with Crippen molar-refractivity contribution in [2.75, 3.05) is 41.4 Å². The number of rotatable bonds is 8. The monoisotopic (exact) mass is 282 g/mol. The third-order valence-corrected chi connectivity index (χ3v) is 2.90. The first-order valence-electron chi connectivity index (χ1n) is 6.32. The summed E-state index contributed by atoms with van der Waals surface area (Å²) in [6.07, 6.45) is 0. The third kappa shape index (κ3) is 4.40. The van der Waals surface area contributed by atoms with E-state index in [0.717, 1.165) is 6.54 Å². The van der Waals surface area contributed by atoms with Crippen LogP contribution in [0.25, 0.3) is 0 Å². The highest BCUT2D eigenvalue weighted by molar-refractivity contribution is 5.76. The number of carbonyl (C=O) groups is 1. The molecule has 0 bridgehead atoms. The van der Waals surface area contributed by atoms with Gasteiger partial charge in [0.2, 0.25) is 0 Å². The average molecular weight is 282 g/mol. The van der Waals surface area contributed by atoms with Gasteiger partial charge in [-0.15, -0.1) is 0 Å². The van der Waals surface area contributed by atoms with E-state index in [-0.39, 0.29) is 0 Å². The second-order valence-corrected chi connectivity index (χ2v) is 4.64. The standard InChI is InChI=1S/C14H22N2O4/c1-16(2)8-7-15-13(14(17)18)10-5-6-11(19-3)12(9-10)20-4/h5-6,9,13,15H,7-8H2,1-4H3,(H,17,18). The Morgan fingerprint density at radius 2 is 1.95 bits per heavy atom. The predicted molar refractivity (Wildman–Crippen MR) is 76.5 cm³/mol. The number of hydrogen-bond donors (Lipinski definition) is 2. The zero-order chi connectivity index (χ0) is 15.1. The van der Waals surface area contributed by atoms with Crippen LogP contribution in [0.3, 0.4) is 0 Å². The minimum Gasteiger partial charge on any atom is -0.493 e. The molecule has 0 heterocycles. The Bertz CT molecular complexity index is 449. The van der Waals surface area contributed by atoms with Crippen LogP contribution in [0.4, 0.5) is 0 Å². The lowest BCUT2D eigenvalue weighted by Crippen LogP contribution is -2.33. The molecule has 0 radical (unpaired) electrons. The van der Waals surface area contributed by atoms with Crippen molar-refractivity contribution < 1.29 is 19.4 Å². The lowest BCUT2D eigenvalue weighted by Gasteiger charge is -2.18. The first-order chi connectivity index (χ1) is 9.49. The number of ether oxygens (including phenoxy) is 2. The maximum Gasteiger partial charge on any atom is 0.325 e. The van der Waals surface area contributed by atoms with Gasteiger partial charge in [-0.1, -0.05) is 6.07 Å². The average Bonchev–Trinajstić information content (AvgIpc) is 2.42. The molecule has 1 atom stereocenters. The van der Waals surface area contributed by atoms with Gasteiger partial charge in [-0.3, -0.25) is 10.1 Å². The summed E-state index contributed by atoms with van der Waals surface area (Å²) in [6.45, 7) is 1.34. The van der Waals surface area contributed by atoms with Crippen LogP contribution >= 0.6 is 0 Å². The molecule has 1 unspecified atom stereocenters. The van der Waals surface area contributed by atoms with E-state index < -0.39 is 12.0 Å². The smallest absolute Gasteiger partial charge is 0.325 e. The van der Waals surface area contributed by atoms with Gasteiger partial charge in [0, 0.05) is 13.1 Å². The van der Waals surface area contributed by atoms with Crippen molar-refractivity contribution in [2.45, 2.75) is 6.04 Å². The van der Waals surface area contributed by atoms with Crippen molar-refractivity contribution in [3.05, 3.63) is 23.8 Å². The third-order valence-electron chi connectivity index (χ3n) is 2.90. The highest BCUT2D eigenvalue weighted by atomic mass is 16.5. The second kappa shape index (κ2) is 7.72. The Balaban J connectivity index is 2.88. The Hall–Kier alpha value is -1.79. The Labute approximate surface area is 119 Å². The summed E-state index contributed by atoms with van der Waals surface area (Å²) >= 11 is 0. The first-order valence-corrected chi connectivity index (χ1v) is 6.32. The zero-order valence-electron chi connectivity index (χ0n) is 12.3. The fourth-order valence-corrected chi connectivity index (χ4v) is 1.81. The molecule has 0 aromatic heterocycles. The van der Waals surface area contributed by atoms with E-state index in [0.29, 0.717) is 23.6 Å². The van der Waals surface area contributed by atoms with Crippen molar-refractivity contribution in [3.8, 4) is 11.5 Å². The number of aliphatic carboxylic acids is 1. The number of methoxy groups -OCH3 is 2. The highest BCUT2D eigenvalue weighted by Gasteiger charge is 2.20. The number of likely N-dealkylation sites (N-methyl/N-ethyl adjacent to an activating group) is 1. The van der Waals surface area contributed by atoms with Crippen LogP contribution < -0.4 is 14.8 Å². The molecule has 0 saturated heterocycles. The molecule has 0 saturated carbocycles. The van der Waals surface area contributed by atoms with Gasteiger partial charge in [0.15, 0.2) is 11.5 Å². The Morgan fingerprint density at radius 1 is 1.30 bits per heavy atom. The van der Waals surface area contributed by atoms with Crippen LogP contribution in [-0.2, 0) is 4.79 Å². The highest BCUT2D eigenvalue weighted by Crippen LogP contribution is 2.30. The van der Waals surface area contributed by atoms with E-state index in [1.165, 1.54) is 7.11 Å². The molecule has 2 N–H and O–H groups in total. The molecule has 1 aromatic rings. The van der Waals surface area contributed by atoms with E-state index in [4.69, 9.17) is 9.47 Å². The maximum absolute atomic E-state index is 11.4. The number of carboxylic acid groups (broad SMARTS) is 1. The topological polar surface area (TPSA) is 71.0 Å². The molecule has 0 fully saturated rings. The molecule has 20 heavy (non-hydrogen) atoms. The molecule has 1 rings (SSSR count). The lowest BCUT2D eigenvalue weighted by molar-refractivity contribution is -0.139. The van der Waals surface area contributed by atoms with Gasteiger partial charge in [0.25, 0.3) is 0 Å². The molecule has 0 spiro atoms. The van der Waals surface area contributed by atoms with Crippen LogP contribution in [-0.4, -0.2) is 57.4 Å². The van der Waals surface area contributed by atoms with E-state index in [1.54, 1.807) is 25.3 Å². The molecule has 0 amide bonds. The summed E-state index contributed by atoms with van der Waals surface area (Å²) in [5, 5.41) is 12.4. The van der Waals surface area contributed by atoms with Gasteiger partial charge in [0.1, 0.15) is 6.04 Å². The summed E-state index contributed by atoms with van der Waals surface area (Å²) in [5.74, 6) is 0.176. The number of benzene rings is 1. The maximum atomic E-state index is 11.4. The van der Waals surface area contributed by atoms with Crippen molar-refractivity contribution in [1.29, 1.82) is 0 Å². The Morgan fingerprint density at radius 3 is 2.45 bits per heavy atom. The van der Waals surface area contributed by atoms with Gasteiger partial charge in [-0.25, -0.2) is 0 Å². The minimum absolute atomic E-state index is 0.519. The molecule has 0 aliphatic heterocycles. The molecule has 1 aromatic carbocycles. The largest absolute Gasteiger partial charge is 0.493 e. The summed E-state index contributed by atoms with van der Waals surface area (Å²) in [4.78, 5) is 13.4. The molecule has 112 valence electrons. The van der Waals surface area contributed by atoms with Gasteiger partial charge in [-0.2, -0.15) is 0 Å². The molecule has 0 aliphatic rings. The second-order valence-electron chi connectivity index (χ2n) is 4.64. The fourth-order valence-electron chi connectivity index (χ4n) is 1.81. The molecular formula is C14H22N2O4. The normalized spacial score (nSPS) is 12.2.